The van der Waals surface area contributed by atoms with E-state index in [1.54, 1.807) is 7.11 Å². The summed E-state index contributed by atoms with van der Waals surface area (Å²) in [6.45, 7) is 3.80. The molecule has 0 amide bonds. The van der Waals surface area contributed by atoms with E-state index in [4.69, 9.17) is 10.5 Å². The van der Waals surface area contributed by atoms with E-state index < -0.39 is 0 Å². The van der Waals surface area contributed by atoms with Crippen LogP contribution in [0.1, 0.15) is 12.6 Å². The van der Waals surface area contributed by atoms with Crippen molar-refractivity contribution in [2.45, 2.75) is 19.9 Å². The average molecular weight is 218 g/mol. The number of nitrogens with two attached hydrogens (primary N) is 1. The van der Waals surface area contributed by atoms with Crippen LogP contribution >= 0.6 is 0 Å². The van der Waals surface area contributed by atoms with Crippen molar-refractivity contribution >= 4 is 10.9 Å². The lowest BCUT2D eigenvalue weighted by molar-refractivity contribution is 0.415. The van der Waals surface area contributed by atoms with Crippen LogP contribution in [0.25, 0.3) is 10.9 Å². The maximum Gasteiger partial charge on any atom is 0.120 e. The Bertz CT molecular complexity index is 488. The topological polar surface area (TPSA) is 40.2 Å². The van der Waals surface area contributed by atoms with E-state index in [9.17, 15) is 0 Å². The van der Waals surface area contributed by atoms with E-state index in [2.05, 4.69) is 29.7 Å². The standard InChI is InChI=1S/C13H18N2O/c1-3-15-11(6-7-14)8-10-4-5-12(16-2)9-13(10)15/h4-5,8-9H,3,6-7,14H2,1-2H3. The summed E-state index contributed by atoms with van der Waals surface area (Å²) in [4.78, 5) is 0. The molecule has 1 heterocycles. The van der Waals surface area contributed by atoms with Crippen molar-refractivity contribution in [2.24, 2.45) is 5.73 Å². The average Bonchev–Trinajstić information content (AvgIpc) is 2.65. The normalized spacial score (nSPS) is 10.9. The molecule has 16 heavy (non-hydrogen) atoms. The lowest BCUT2D eigenvalue weighted by Gasteiger charge is -2.07. The molecule has 0 aliphatic heterocycles. The Hall–Kier alpha value is -1.48. The number of ether oxygens (including phenoxy) is 1. The van der Waals surface area contributed by atoms with Gasteiger partial charge in [0.25, 0.3) is 0 Å². The summed E-state index contributed by atoms with van der Waals surface area (Å²) in [6, 6.07) is 8.39. The number of fused-ring (bicyclic) bond motifs is 1. The molecule has 0 radical (unpaired) electrons. The van der Waals surface area contributed by atoms with Crippen LogP contribution in [0.3, 0.4) is 0 Å². The largest absolute Gasteiger partial charge is 0.497 e. The van der Waals surface area contributed by atoms with Gasteiger partial charge in [-0.05, 0) is 38.1 Å². The minimum atomic E-state index is 0.688. The fourth-order valence-corrected chi connectivity index (χ4v) is 2.15. The van der Waals surface area contributed by atoms with Crippen LogP contribution in [0.15, 0.2) is 24.3 Å². The molecule has 0 aliphatic rings. The van der Waals surface area contributed by atoms with Gasteiger partial charge >= 0.3 is 0 Å². The second kappa shape index (κ2) is 4.58. The highest BCUT2D eigenvalue weighted by molar-refractivity contribution is 5.82. The first-order valence-corrected chi connectivity index (χ1v) is 5.66. The van der Waals surface area contributed by atoms with Crippen molar-refractivity contribution in [1.82, 2.24) is 4.57 Å². The molecule has 0 spiro atoms. The van der Waals surface area contributed by atoms with Crippen molar-refractivity contribution in [3.63, 3.8) is 0 Å². The number of aryl methyl sites for hydroxylation is 1. The number of benzene rings is 1. The maximum atomic E-state index is 5.62. The lowest BCUT2D eigenvalue weighted by Crippen LogP contribution is -2.08. The number of hydrogen-bond donors (Lipinski definition) is 1. The van der Waals surface area contributed by atoms with Gasteiger partial charge < -0.3 is 15.0 Å². The zero-order valence-corrected chi connectivity index (χ0v) is 9.86. The molecule has 3 nitrogen and oxygen atoms in total. The number of hydrogen-bond acceptors (Lipinski definition) is 2. The third kappa shape index (κ3) is 1.78. The Morgan fingerprint density at radius 2 is 2.12 bits per heavy atom. The number of methoxy groups -OCH3 is 1. The van der Waals surface area contributed by atoms with Crippen LogP contribution in [-0.4, -0.2) is 18.2 Å². The van der Waals surface area contributed by atoms with E-state index in [1.165, 1.54) is 16.6 Å². The highest BCUT2D eigenvalue weighted by atomic mass is 16.5. The van der Waals surface area contributed by atoms with Crippen molar-refractivity contribution in [3.8, 4) is 5.75 Å². The van der Waals surface area contributed by atoms with Gasteiger partial charge in [0, 0.05) is 23.7 Å². The summed E-state index contributed by atoms with van der Waals surface area (Å²) >= 11 is 0. The summed E-state index contributed by atoms with van der Waals surface area (Å²) in [5, 5.41) is 1.26. The van der Waals surface area contributed by atoms with Gasteiger partial charge in [0.2, 0.25) is 0 Å². The predicted molar refractivity (Wildman–Crippen MR) is 66.9 cm³/mol. The quantitative estimate of drug-likeness (QED) is 0.854. The van der Waals surface area contributed by atoms with Crippen LogP contribution in [0.4, 0.5) is 0 Å². The molecular weight excluding hydrogens is 200 g/mol. The summed E-state index contributed by atoms with van der Waals surface area (Å²) in [5.41, 5.74) is 8.15. The fraction of sp³-hybridized carbons (Fsp3) is 0.385. The molecule has 2 aromatic rings. The van der Waals surface area contributed by atoms with Gasteiger partial charge in [-0.3, -0.25) is 0 Å². The van der Waals surface area contributed by atoms with Gasteiger partial charge in [0.05, 0.1) is 12.6 Å². The van der Waals surface area contributed by atoms with Gasteiger partial charge in [-0.1, -0.05) is 0 Å². The molecule has 0 unspecified atom stereocenters. The second-order valence-corrected chi connectivity index (χ2v) is 3.84. The van der Waals surface area contributed by atoms with E-state index >= 15 is 0 Å². The van der Waals surface area contributed by atoms with Crippen LogP contribution in [0, 0.1) is 0 Å². The van der Waals surface area contributed by atoms with Crippen molar-refractivity contribution in [1.29, 1.82) is 0 Å². The SMILES string of the molecule is CCn1c(CCN)cc2ccc(OC)cc21. The van der Waals surface area contributed by atoms with Gasteiger partial charge in [0.15, 0.2) is 0 Å². The number of nitrogens with zero attached hydrogens (tertiary/aromatic N) is 1. The van der Waals surface area contributed by atoms with Crippen molar-refractivity contribution in [3.05, 3.63) is 30.0 Å². The molecule has 0 bridgehead atoms. The molecule has 0 fully saturated rings. The molecule has 2 N–H and O–H groups in total. The third-order valence-corrected chi connectivity index (χ3v) is 2.91. The molecule has 2 rings (SSSR count). The monoisotopic (exact) mass is 218 g/mol. The van der Waals surface area contributed by atoms with Gasteiger partial charge in [0.1, 0.15) is 5.75 Å². The molecule has 3 heteroatoms. The smallest absolute Gasteiger partial charge is 0.120 e. The Morgan fingerprint density at radius 1 is 1.31 bits per heavy atom. The Labute approximate surface area is 95.8 Å². The Kier molecular flexibility index (Phi) is 3.15. The Morgan fingerprint density at radius 3 is 2.75 bits per heavy atom. The Balaban J connectivity index is 2.58. The molecule has 0 saturated carbocycles. The summed E-state index contributed by atoms with van der Waals surface area (Å²) in [7, 11) is 1.70. The highest BCUT2D eigenvalue weighted by Gasteiger charge is 2.07. The molecule has 1 aromatic carbocycles. The summed E-state index contributed by atoms with van der Waals surface area (Å²) < 4.78 is 7.55. The lowest BCUT2D eigenvalue weighted by atomic mass is 10.2. The maximum absolute atomic E-state index is 5.62. The van der Waals surface area contributed by atoms with Gasteiger partial charge in [-0.2, -0.15) is 0 Å². The number of aromatic nitrogens is 1. The second-order valence-electron chi connectivity index (χ2n) is 3.84. The van der Waals surface area contributed by atoms with E-state index in [1.807, 2.05) is 6.07 Å². The number of rotatable bonds is 4. The predicted octanol–water partition coefficient (Wildman–Crippen LogP) is 2.17. The minimum absolute atomic E-state index is 0.688. The summed E-state index contributed by atoms with van der Waals surface area (Å²) in [5.74, 6) is 0.902. The zero-order valence-electron chi connectivity index (χ0n) is 9.86. The van der Waals surface area contributed by atoms with Crippen molar-refractivity contribution < 1.29 is 4.74 Å². The molecule has 0 atom stereocenters. The van der Waals surface area contributed by atoms with E-state index in [0.29, 0.717) is 6.54 Å². The van der Waals surface area contributed by atoms with Crippen LogP contribution < -0.4 is 10.5 Å². The van der Waals surface area contributed by atoms with Crippen LogP contribution in [-0.2, 0) is 13.0 Å². The zero-order chi connectivity index (χ0) is 11.5. The van der Waals surface area contributed by atoms with Crippen LogP contribution in [0.5, 0.6) is 5.75 Å². The molecule has 0 saturated heterocycles. The highest BCUT2D eigenvalue weighted by Crippen LogP contribution is 2.24. The van der Waals surface area contributed by atoms with E-state index in [0.717, 1.165) is 18.7 Å². The van der Waals surface area contributed by atoms with Gasteiger partial charge in [-0.25, -0.2) is 0 Å². The first-order valence-electron chi connectivity index (χ1n) is 5.66. The third-order valence-electron chi connectivity index (χ3n) is 2.91. The van der Waals surface area contributed by atoms with Crippen LogP contribution in [0.2, 0.25) is 0 Å². The molecule has 0 aliphatic carbocycles. The van der Waals surface area contributed by atoms with Gasteiger partial charge in [-0.15, -0.1) is 0 Å². The van der Waals surface area contributed by atoms with Crippen molar-refractivity contribution in [2.75, 3.05) is 13.7 Å². The molecular formula is C13H18N2O. The minimum Gasteiger partial charge on any atom is -0.497 e. The first-order chi connectivity index (χ1) is 7.80. The molecule has 86 valence electrons. The first kappa shape index (κ1) is 11.0. The van der Waals surface area contributed by atoms with E-state index in [-0.39, 0.29) is 0 Å². The fourth-order valence-electron chi connectivity index (χ4n) is 2.15. The summed E-state index contributed by atoms with van der Waals surface area (Å²) in [6.07, 6.45) is 0.921. The molecule has 1 aromatic heterocycles.